The number of aromatic nitrogens is 4. The van der Waals surface area contributed by atoms with Crippen molar-refractivity contribution in [1.29, 1.82) is 0 Å². The molecule has 2 aromatic heterocycles. The van der Waals surface area contributed by atoms with E-state index in [4.69, 9.17) is 9.72 Å². The minimum atomic E-state index is -0.339. The number of fused-ring (bicyclic) bond motifs is 1. The molecule has 182 valence electrons. The number of amides is 1. The first-order valence-corrected chi connectivity index (χ1v) is 11.9. The fraction of sp³-hybridized carbons (Fsp3) is 0.308. The molecule has 2 heterocycles. The summed E-state index contributed by atoms with van der Waals surface area (Å²) in [5.41, 5.74) is 3.26. The third-order valence-electron chi connectivity index (χ3n) is 5.26. The maximum atomic E-state index is 12.6. The van der Waals surface area contributed by atoms with Gasteiger partial charge in [0, 0.05) is 18.8 Å². The van der Waals surface area contributed by atoms with Crippen LogP contribution < -0.4 is 20.3 Å². The van der Waals surface area contributed by atoms with Gasteiger partial charge in [-0.25, -0.2) is 4.98 Å². The van der Waals surface area contributed by atoms with Gasteiger partial charge in [0.25, 0.3) is 5.91 Å². The molecule has 0 aliphatic heterocycles. The summed E-state index contributed by atoms with van der Waals surface area (Å²) in [6.07, 6.45) is 1.91. The van der Waals surface area contributed by atoms with Gasteiger partial charge in [-0.05, 0) is 49.6 Å². The second-order valence-electron chi connectivity index (χ2n) is 8.28. The van der Waals surface area contributed by atoms with Gasteiger partial charge >= 0.3 is 0 Å². The molecule has 0 radical (unpaired) electrons. The number of nitrogens with zero attached hydrogens (tertiary/aromatic N) is 4. The third-order valence-corrected chi connectivity index (χ3v) is 5.26. The number of nitrogens with one attached hydrogen (secondary N) is 3. The first-order valence-electron chi connectivity index (χ1n) is 11.9. The molecule has 9 heteroatoms. The van der Waals surface area contributed by atoms with Crippen LogP contribution in [0.1, 0.15) is 32.3 Å². The number of carbonyl (C=O) groups is 1. The normalized spacial score (nSPS) is 10.8. The fourth-order valence-corrected chi connectivity index (χ4v) is 3.77. The predicted molar refractivity (Wildman–Crippen MR) is 140 cm³/mol. The van der Waals surface area contributed by atoms with Crippen LogP contribution in [0.4, 0.5) is 23.4 Å². The van der Waals surface area contributed by atoms with Crippen LogP contribution in [0.15, 0.2) is 54.6 Å². The molecule has 1 amide bonds. The number of hydrogen-bond donors (Lipinski definition) is 3. The Morgan fingerprint density at radius 3 is 2.49 bits per heavy atom. The highest BCUT2D eigenvalue weighted by Gasteiger charge is 2.19. The number of imidazole rings is 1. The van der Waals surface area contributed by atoms with Gasteiger partial charge in [-0.2, -0.15) is 9.97 Å². The van der Waals surface area contributed by atoms with Gasteiger partial charge in [-0.15, -0.1) is 0 Å². The number of hydrogen-bond acceptors (Lipinski definition) is 7. The van der Waals surface area contributed by atoms with Crippen LogP contribution >= 0.6 is 0 Å². The zero-order valence-corrected chi connectivity index (χ0v) is 20.3. The van der Waals surface area contributed by atoms with Crippen LogP contribution in [-0.4, -0.2) is 45.5 Å². The van der Waals surface area contributed by atoms with Crippen LogP contribution in [0.25, 0.3) is 11.2 Å². The van der Waals surface area contributed by atoms with Crippen molar-refractivity contribution in [2.24, 2.45) is 0 Å². The molecule has 4 aromatic rings. The summed E-state index contributed by atoms with van der Waals surface area (Å²) >= 11 is 0. The summed E-state index contributed by atoms with van der Waals surface area (Å²) in [5.74, 6) is 1.74. The van der Waals surface area contributed by atoms with Crippen LogP contribution in [0, 0.1) is 6.92 Å². The Morgan fingerprint density at radius 2 is 1.77 bits per heavy atom. The van der Waals surface area contributed by atoms with E-state index in [-0.39, 0.29) is 18.5 Å². The highest BCUT2D eigenvalue weighted by atomic mass is 16.5. The van der Waals surface area contributed by atoms with Gasteiger partial charge in [0.05, 0.1) is 0 Å². The van der Waals surface area contributed by atoms with Crippen molar-refractivity contribution in [2.75, 3.05) is 35.2 Å². The molecule has 0 saturated heterocycles. The van der Waals surface area contributed by atoms with E-state index >= 15 is 0 Å². The van der Waals surface area contributed by atoms with Gasteiger partial charge in [0.15, 0.2) is 23.6 Å². The smallest absolute Gasteiger partial charge is 0.264 e. The van der Waals surface area contributed by atoms with Gasteiger partial charge in [0.2, 0.25) is 11.9 Å². The topological polar surface area (TPSA) is 108 Å². The lowest BCUT2D eigenvalue weighted by Crippen LogP contribution is -2.27. The van der Waals surface area contributed by atoms with Gasteiger partial charge < -0.3 is 19.9 Å². The lowest BCUT2D eigenvalue weighted by molar-refractivity contribution is -0.118. The Bertz CT molecular complexity index is 1270. The lowest BCUT2D eigenvalue weighted by atomic mass is 10.2. The zero-order valence-electron chi connectivity index (χ0n) is 20.3. The number of anilines is 4. The summed E-state index contributed by atoms with van der Waals surface area (Å²) in [6.45, 7) is 7.78. The van der Waals surface area contributed by atoms with Crippen molar-refractivity contribution < 1.29 is 9.53 Å². The van der Waals surface area contributed by atoms with Crippen LogP contribution in [0.3, 0.4) is 0 Å². The third kappa shape index (κ3) is 6.26. The standard InChI is InChI=1S/C26H31N7O2/c1-4-14-33(15-5-2)24-22-23(30-25(29-22)27-19-11-9-10-18(3)16-19)31-26(32-24)28-21(34)17-35-20-12-7-6-8-13-20/h6-13,16H,4-5,14-15,17H2,1-3H3,(H3,27,28,29,30,31,32,34). The number of aryl methyl sites for hydroxylation is 1. The minimum absolute atomic E-state index is 0.141. The Kier molecular flexibility index (Phi) is 7.77. The van der Waals surface area contributed by atoms with Gasteiger partial charge in [-0.1, -0.05) is 44.2 Å². The van der Waals surface area contributed by atoms with Crippen LogP contribution in [0.5, 0.6) is 5.75 Å². The van der Waals surface area contributed by atoms with Crippen molar-refractivity contribution in [3.8, 4) is 5.75 Å². The van der Waals surface area contributed by atoms with Crippen LogP contribution in [-0.2, 0) is 4.79 Å². The molecular formula is C26H31N7O2. The van der Waals surface area contributed by atoms with E-state index in [9.17, 15) is 4.79 Å². The van der Waals surface area contributed by atoms with E-state index in [0.717, 1.165) is 37.2 Å². The van der Waals surface area contributed by atoms with Crippen molar-refractivity contribution >= 4 is 40.5 Å². The molecule has 2 aromatic carbocycles. The molecule has 0 bridgehead atoms. The molecule has 0 atom stereocenters. The monoisotopic (exact) mass is 473 g/mol. The summed E-state index contributed by atoms with van der Waals surface area (Å²) in [5, 5.41) is 6.07. The number of para-hydroxylation sites is 1. The van der Waals surface area contributed by atoms with E-state index in [1.54, 1.807) is 12.1 Å². The largest absolute Gasteiger partial charge is 0.484 e. The number of aromatic amines is 1. The quantitative estimate of drug-likeness (QED) is 0.280. The van der Waals surface area contributed by atoms with E-state index < -0.39 is 0 Å². The Hall–Kier alpha value is -4.14. The summed E-state index contributed by atoms with van der Waals surface area (Å²) in [7, 11) is 0. The highest BCUT2D eigenvalue weighted by Crippen LogP contribution is 2.27. The highest BCUT2D eigenvalue weighted by molar-refractivity contribution is 5.93. The minimum Gasteiger partial charge on any atom is -0.484 e. The summed E-state index contributed by atoms with van der Waals surface area (Å²) in [6, 6.07) is 17.2. The second-order valence-corrected chi connectivity index (χ2v) is 8.28. The molecule has 0 aliphatic rings. The number of ether oxygens (including phenoxy) is 1. The molecule has 35 heavy (non-hydrogen) atoms. The molecule has 0 fully saturated rings. The van der Waals surface area contributed by atoms with E-state index in [1.165, 1.54) is 0 Å². The lowest BCUT2D eigenvalue weighted by Gasteiger charge is -2.23. The predicted octanol–water partition coefficient (Wildman–Crippen LogP) is 5.05. The Balaban J connectivity index is 1.62. The van der Waals surface area contributed by atoms with Gasteiger partial charge in [0.1, 0.15) is 5.75 Å². The maximum absolute atomic E-state index is 12.6. The summed E-state index contributed by atoms with van der Waals surface area (Å²) < 4.78 is 5.55. The number of rotatable bonds is 11. The average Bonchev–Trinajstić information content (AvgIpc) is 3.25. The zero-order chi connectivity index (χ0) is 24.6. The average molecular weight is 474 g/mol. The molecule has 9 nitrogen and oxygen atoms in total. The SMILES string of the molecule is CCCN(CCC)c1nc(NC(=O)COc2ccccc2)nc2[nH]c(Nc3cccc(C)c3)nc12. The second kappa shape index (κ2) is 11.3. The first kappa shape index (κ1) is 24.0. The molecule has 0 aliphatic carbocycles. The number of carbonyl (C=O) groups excluding carboxylic acids is 1. The van der Waals surface area contributed by atoms with Crippen molar-refractivity contribution in [3.05, 3.63) is 60.2 Å². The maximum Gasteiger partial charge on any atom is 0.264 e. The Morgan fingerprint density at radius 1 is 1.00 bits per heavy atom. The van der Waals surface area contributed by atoms with E-state index in [2.05, 4.69) is 44.3 Å². The molecular weight excluding hydrogens is 442 g/mol. The molecule has 0 spiro atoms. The van der Waals surface area contributed by atoms with E-state index in [0.29, 0.717) is 28.7 Å². The first-order chi connectivity index (χ1) is 17.1. The molecule has 0 unspecified atom stereocenters. The van der Waals surface area contributed by atoms with E-state index in [1.807, 2.05) is 49.4 Å². The van der Waals surface area contributed by atoms with Crippen LogP contribution in [0.2, 0.25) is 0 Å². The number of benzene rings is 2. The van der Waals surface area contributed by atoms with Crippen molar-refractivity contribution in [3.63, 3.8) is 0 Å². The Labute approximate surface area is 205 Å². The van der Waals surface area contributed by atoms with Crippen molar-refractivity contribution in [2.45, 2.75) is 33.6 Å². The van der Waals surface area contributed by atoms with Crippen molar-refractivity contribution in [1.82, 2.24) is 19.9 Å². The summed E-state index contributed by atoms with van der Waals surface area (Å²) in [4.78, 5) is 31.9. The molecule has 3 N–H and O–H groups in total. The molecule has 0 saturated carbocycles. The van der Waals surface area contributed by atoms with Gasteiger partial charge in [-0.3, -0.25) is 10.1 Å². The molecule has 4 rings (SSSR count). The fourth-order valence-electron chi connectivity index (χ4n) is 3.77. The number of H-pyrrole nitrogens is 1.